The van der Waals surface area contributed by atoms with Crippen molar-refractivity contribution in [3.05, 3.63) is 35.0 Å². The Morgan fingerprint density at radius 1 is 1.29 bits per heavy atom. The maximum atomic E-state index is 3.24. The second-order valence-corrected chi connectivity index (χ2v) is 5.09. The van der Waals surface area contributed by atoms with Crippen LogP contribution in [0.15, 0.2) is 18.2 Å². The van der Waals surface area contributed by atoms with Crippen LogP contribution in [-0.2, 0) is 13.6 Å². The molecule has 0 aliphatic heterocycles. The van der Waals surface area contributed by atoms with Crippen LogP contribution in [0.5, 0.6) is 0 Å². The zero-order valence-corrected chi connectivity index (χ0v) is 11.5. The highest BCUT2D eigenvalue weighted by Crippen LogP contribution is 2.28. The van der Waals surface area contributed by atoms with E-state index in [0.717, 1.165) is 6.54 Å². The van der Waals surface area contributed by atoms with Crippen LogP contribution in [0.3, 0.4) is 0 Å². The quantitative estimate of drug-likeness (QED) is 0.856. The van der Waals surface area contributed by atoms with Crippen molar-refractivity contribution < 1.29 is 0 Å². The lowest BCUT2D eigenvalue weighted by Gasteiger charge is -2.06. The number of rotatable bonds is 3. The molecule has 0 unspecified atom stereocenters. The van der Waals surface area contributed by atoms with Crippen LogP contribution in [0.2, 0.25) is 0 Å². The molecule has 0 saturated heterocycles. The molecule has 0 radical (unpaired) electrons. The number of aromatic nitrogens is 1. The summed E-state index contributed by atoms with van der Waals surface area (Å²) >= 11 is 0. The summed E-state index contributed by atoms with van der Waals surface area (Å²) in [5, 5.41) is 4.64. The molecule has 0 fully saturated rings. The molecule has 0 saturated carbocycles. The number of benzene rings is 1. The highest BCUT2D eigenvalue weighted by atomic mass is 15.0. The molecule has 1 aromatic carbocycles. The van der Waals surface area contributed by atoms with E-state index in [2.05, 4.69) is 55.9 Å². The lowest BCUT2D eigenvalue weighted by atomic mass is 10.0. The molecule has 1 N–H and O–H groups in total. The molecular weight excluding hydrogens is 208 g/mol. The van der Waals surface area contributed by atoms with E-state index >= 15 is 0 Å². The molecule has 2 heteroatoms. The van der Waals surface area contributed by atoms with Gasteiger partial charge in [0, 0.05) is 30.2 Å². The van der Waals surface area contributed by atoms with Crippen molar-refractivity contribution in [3.63, 3.8) is 0 Å². The van der Waals surface area contributed by atoms with Gasteiger partial charge in [0.2, 0.25) is 0 Å². The molecule has 1 aromatic heterocycles. The fourth-order valence-corrected chi connectivity index (χ4v) is 2.48. The summed E-state index contributed by atoms with van der Waals surface area (Å²) in [5.41, 5.74) is 5.53. The van der Waals surface area contributed by atoms with E-state index in [1.807, 2.05) is 7.05 Å². The van der Waals surface area contributed by atoms with Gasteiger partial charge < -0.3 is 9.88 Å². The van der Waals surface area contributed by atoms with Gasteiger partial charge in [-0.05, 0) is 43.1 Å². The Labute approximate surface area is 104 Å². The van der Waals surface area contributed by atoms with E-state index in [-0.39, 0.29) is 0 Å². The number of hydrogen-bond donors (Lipinski definition) is 1. The van der Waals surface area contributed by atoms with Crippen molar-refractivity contribution in [2.45, 2.75) is 33.2 Å². The summed E-state index contributed by atoms with van der Waals surface area (Å²) in [6.07, 6.45) is 0. The van der Waals surface area contributed by atoms with E-state index in [4.69, 9.17) is 0 Å². The number of aryl methyl sites for hydroxylation is 2. The maximum absolute atomic E-state index is 3.24. The summed E-state index contributed by atoms with van der Waals surface area (Å²) in [4.78, 5) is 0. The van der Waals surface area contributed by atoms with Gasteiger partial charge in [0.1, 0.15) is 0 Å². The van der Waals surface area contributed by atoms with E-state index in [0.29, 0.717) is 5.92 Å². The van der Waals surface area contributed by atoms with Gasteiger partial charge in [-0.3, -0.25) is 0 Å². The van der Waals surface area contributed by atoms with Gasteiger partial charge in [-0.1, -0.05) is 19.9 Å². The van der Waals surface area contributed by atoms with Gasteiger partial charge in [-0.15, -0.1) is 0 Å². The molecular formula is C15H22N2. The lowest BCUT2D eigenvalue weighted by Crippen LogP contribution is -2.10. The minimum absolute atomic E-state index is 0.590. The first-order chi connectivity index (χ1) is 8.06. The number of fused-ring (bicyclic) bond motifs is 1. The van der Waals surface area contributed by atoms with Gasteiger partial charge >= 0.3 is 0 Å². The van der Waals surface area contributed by atoms with E-state index < -0.39 is 0 Å². The van der Waals surface area contributed by atoms with Crippen LogP contribution in [0.4, 0.5) is 0 Å². The molecule has 0 atom stereocenters. The molecule has 17 heavy (non-hydrogen) atoms. The zero-order chi connectivity index (χ0) is 12.6. The average Bonchev–Trinajstić information content (AvgIpc) is 2.54. The lowest BCUT2D eigenvalue weighted by molar-refractivity contribution is 0.739. The second kappa shape index (κ2) is 4.53. The monoisotopic (exact) mass is 230 g/mol. The SMILES string of the molecule is CNCc1c(C)c2cc(C(C)C)ccc2n1C. The van der Waals surface area contributed by atoms with Gasteiger partial charge in [0.25, 0.3) is 0 Å². The molecule has 0 bridgehead atoms. The highest BCUT2D eigenvalue weighted by molar-refractivity contribution is 5.86. The maximum Gasteiger partial charge on any atom is 0.0483 e. The predicted octanol–water partition coefficient (Wildman–Crippen LogP) is 3.33. The largest absolute Gasteiger partial charge is 0.346 e. The van der Waals surface area contributed by atoms with E-state index in [1.165, 1.54) is 27.7 Å². The summed E-state index contributed by atoms with van der Waals surface area (Å²) < 4.78 is 2.30. The van der Waals surface area contributed by atoms with Crippen molar-refractivity contribution in [3.8, 4) is 0 Å². The first-order valence-electron chi connectivity index (χ1n) is 6.28. The topological polar surface area (TPSA) is 17.0 Å². The molecule has 2 aromatic rings. The number of nitrogens with zero attached hydrogens (tertiary/aromatic N) is 1. The Morgan fingerprint density at radius 3 is 2.59 bits per heavy atom. The smallest absolute Gasteiger partial charge is 0.0483 e. The van der Waals surface area contributed by atoms with E-state index in [9.17, 15) is 0 Å². The van der Waals surface area contributed by atoms with Crippen LogP contribution in [0, 0.1) is 6.92 Å². The molecule has 0 spiro atoms. The number of nitrogens with one attached hydrogen (secondary N) is 1. The first-order valence-corrected chi connectivity index (χ1v) is 6.28. The van der Waals surface area contributed by atoms with Crippen molar-refractivity contribution >= 4 is 10.9 Å². The molecule has 0 aliphatic carbocycles. The normalized spacial score (nSPS) is 11.6. The molecule has 2 rings (SSSR count). The third-order valence-electron chi connectivity index (χ3n) is 3.63. The van der Waals surface area contributed by atoms with Crippen molar-refractivity contribution in [2.75, 3.05) is 7.05 Å². The van der Waals surface area contributed by atoms with Gasteiger partial charge in [0.05, 0.1) is 0 Å². The molecule has 92 valence electrons. The van der Waals surface area contributed by atoms with Crippen molar-refractivity contribution in [2.24, 2.45) is 7.05 Å². The standard InChI is InChI=1S/C15H22N2/c1-10(2)12-6-7-14-13(8-12)11(3)15(9-16-4)17(14)5/h6-8,10,16H,9H2,1-5H3. The minimum atomic E-state index is 0.590. The molecule has 0 aliphatic rings. The summed E-state index contributed by atoms with van der Waals surface area (Å²) in [6, 6.07) is 6.83. The van der Waals surface area contributed by atoms with Crippen molar-refractivity contribution in [1.82, 2.24) is 9.88 Å². The Hall–Kier alpha value is -1.28. The Morgan fingerprint density at radius 2 is 2.00 bits per heavy atom. The van der Waals surface area contributed by atoms with E-state index in [1.54, 1.807) is 0 Å². The summed E-state index contributed by atoms with van der Waals surface area (Å²) in [6.45, 7) is 7.63. The third-order valence-corrected chi connectivity index (χ3v) is 3.63. The molecule has 2 nitrogen and oxygen atoms in total. The Kier molecular flexibility index (Phi) is 3.25. The molecule has 0 amide bonds. The minimum Gasteiger partial charge on any atom is -0.346 e. The fraction of sp³-hybridized carbons (Fsp3) is 0.467. The first kappa shape index (κ1) is 12.2. The Bertz CT molecular complexity index is 535. The van der Waals surface area contributed by atoms with Crippen LogP contribution in [-0.4, -0.2) is 11.6 Å². The zero-order valence-electron chi connectivity index (χ0n) is 11.5. The second-order valence-electron chi connectivity index (χ2n) is 5.09. The van der Waals surface area contributed by atoms with Gasteiger partial charge in [-0.2, -0.15) is 0 Å². The predicted molar refractivity (Wildman–Crippen MR) is 74.5 cm³/mol. The summed E-state index contributed by atoms with van der Waals surface area (Å²) in [7, 11) is 4.15. The average molecular weight is 230 g/mol. The molecule has 1 heterocycles. The van der Waals surface area contributed by atoms with Crippen molar-refractivity contribution in [1.29, 1.82) is 0 Å². The fourth-order valence-electron chi connectivity index (χ4n) is 2.48. The third kappa shape index (κ3) is 1.98. The van der Waals surface area contributed by atoms with Crippen LogP contribution < -0.4 is 5.32 Å². The highest BCUT2D eigenvalue weighted by Gasteiger charge is 2.12. The van der Waals surface area contributed by atoms with Crippen LogP contribution >= 0.6 is 0 Å². The van der Waals surface area contributed by atoms with Gasteiger partial charge in [-0.25, -0.2) is 0 Å². The Balaban J connectivity index is 2.66. The summed E-state index contributed by atoms with van der Waals surface area (Å²) in [5.74, 6) is 0.590. The van der Waals surface area contributed by atoms with Crippen LogP contribution in [0.25, 0.3) is 10.9 Å². The number of hydrogen-bond acceptors (Lipinski definition) is 1. The van der Waals surface area contributed by atoms with Crippen LogP contribution in [0.1, 0.15) is 36.6 Å². The van der Waals surface area contributed by atoms with Gasteiger partial charge in [0.15, 0.2) is 0 Å².